The highest BCUT2D eigenvalue weighted by Gasteiger charge is 2.14. The largest absolute Gasteiger partial charge is 0.481 e. The third-order valence-electron chi connectivity index (χ3n) is 2.40. The van der Waals surface area contributed by atoms with E-state index < -0.39 is 28.1 Å². The van der Waals surface area contributed by atoms with E-state index in [1.165, 1.54) is 0 Å². The van der Waals surface area contributed by atoms with Crippen LogP contribution in [0.25, 0.3) is 0 Å². The molecule has 0 aliphatic carbocycles. The molecule has 0 saturated carbocycles. The Morgan fingerprint density at radius 3 is 2.40 bits per heavy atom. The Balaban J connectivity index is 3.87. The first-order valence-electron chi connectivity index (χ1n) is 6.45. The van der Waals surface area contributed by atoms with Gasteiger partial charge in [-0.15, -0.1) is 0 Å². The third-order valence-corrected chi connectivity index (χ3v) is 3.13. The fourth-order valence-electron chi connectivity index (χ4n) is 1.57. The summed E-state index contributed by atoms with van der Waals surface area (Å²) in [6.45, 7) is 2.46. The van der Waals surface area contributed by atoms with Crippen molar-refractivity contribution in [3.05, 3.63) is 0 Å². The summed E-state index contributed by atoms with van der Waals surface area (Å²) in [5.41, 5.74) is 0. The smallest absolute Gasteiger partial charge is 0.315 e. The van der Waals surface area contributed by atoms with Crippen molar-refractivity contribution in [2.24, 2.45) is 0 Å². The Hall–Kier alpha value is -1.35. The van der Waals surface area contributed by atoms with Crippen LogP contribution < -0.4 is 15.4 Å². The van der Waals surface area contributed by atoms with Gasteiger partial charge in [0.15, 0.2) is 0 Å². The first kappa shape index (κ1) is 18.7. The molecule has 0 fully saturated rings. The van der Waals surface area contributed by atoms with E-state index in [1.807, 2.05) is 6.92 Å². The van der Waals surface area contributed by atoms with Gasteiger partial charge < -0.3 is 15.7 Å². The molecular weight excluding hydrogens is 286 g/mol. The molecule has 2 amide bonds. The lowest BCUT2D eigenvalue weighted by Crippen LogP contribution is -2.43. The minimum absolute atomic E-state index is 0.114. The van der Waals surface area contributed by atoms with Crippen molar-refractivity contribution < 1.29 is 23.1 Å². The highest BCUT2D eigenvalue weighted by atomic mass is 32.2. The van der Waals surface area contributed by atoms with Crippen LogP contribution in [0.15, 0.2) is 0 Å². The topological polar surface area (TPSA) is 125 Å². The second kappa shape index (κ2) is 9.54. The maximum Gasteiger partial charge on any atom is 0.315 e. The van der Waals surface area contributed by atoms with Gasteiger partial charge in [-0.1, -0.05) is 13.3 Å². The fourth-order valence-corrected chi connectivity index (χ4v) is 2.08. The zero-order valence-electron chi connectivity index (χ0n) is 11.8. The van der Waals surface area contributed by atoms with E-state index in [9.17, 15) is 18.0 Å². The van der Waals surface area contributed by atoms with Crippen molar-refractivity contribution in [1.29, 1.82) is 0 Å². The summed E-state index contributed by atoms with van der Waals surface area (Å²) in [6, 6.07) is -0.837. The van der Waals surface area contributed by atoms with Crippen LogP contribution in [0, 0.1) is 0 Å². The number of aliphatic carboxylic acids is 1. The van der Waals surface area contributed by atoms with Crippen molar-refractivity contribution in [2.75, 3.05) is 19.3 Å². The minimum Gasteiger partial charge on any atom is -0.481 e. The summed E-state index contributed by atoms with van der Waals surface area (Å²) in [6.07, 6.45) is 2.77. The molecule has 9 heteroatoms. The maximum atomic E-state index is 11.5. The van der Waals surface area contributed by atoms with E-state index >= 15 is 0 Å². The number of carboxylic acids is 1. The molecule has 4 N–H and O–H groups in total. The van der Waals surface area contributed by atoms with Crippen LogP contribution in [-0.4, -0.2) is 50.9 Å². The highest BCUT2D eigenvalue weighted by Crippen LogP contribution is 2.01. The van der Waals surface area contributed by atoms with Crippen LogP contribution >= 0.6 is 0 Å². The van der Waals surface area contributed by atoms with Crippen LogP contribution in [-0.2, 0) is 14.8 Å². The monoisotopic (exact) mass is 309 g/mol. The second-order valence-corrected chi connectivity index (χ2v) is 6.34. The first-order valence-corrected chi connectivity index (χ1v) is 8.34. The number of hydrogen-bond donors (Lipinski definition) is 4. The number of carbonyl (C=O) groups excluding carboxylic acids is 1. The SMILES string of the molecule is CCCC(CC(=O)O)NC(=O)NCCCNS(C)(=O)=O. The van der Waals surface area contributed by atoms with E-state index in [4.69, 9.17) is 5.11 Å². The van der Waals surface area contributed by atoms with Crippen LogP contribution in [0.4, 0.5) is 4.79 Å². The molecule has 0 saturated heterocycles. The molecule has 0 radical (unpaired) electrons. The van der Waals surface area contributed by atoms with Crippen LogP contribution in [0.3, 0.4) is 0 Å². The summed E-state index contributed by atoms with van der Waals surface area (Å²) >= 11 is 0. The lowest BCUT2D eigenvalue weighted by Gasteiger charge is -2.16. The molecule has 118 valence electrons. The van der Waals surface area contributed by atoms with Gasteiger partial charge in [0.25, 0.3) is 0 Å². The van der Waals surface area contributed by atoms with Crippen molar-refractivity contribution in [1.82, 2.24) is 15.4 Å². The zero-order valence-corrected chi connectivity index (χ0v) is 12.6. The first-order chi connectivity index (χ1) is 9.24. The van der Waals surface area contributed by atoms with E-state index in [1.54, 1.807) is 0 Å². The van der Waals surface area contributed by atoms with E-state index in [0.29, 0.717) is 19.4 Å². The van der Waals surface area contributed by atoms with Crippen LogP contribution in [0.5, 0.6) is 0 Å². The number of rotatable bonds is 10. The molecule has 0 heterocycles. The second-order valence-electron chi connectivity index (χ2n) is 4.50. The van der Waals surface area contributed by atoms with Crippen LogP contribution in [0.2, 0.25) is 0 Å². The number of urea groups is 1. The van der Waals surface area contributed by atoms with Gasteiger partial charge in [-0.25, -0.2) is 17.9 Å². The molecule has 0 bridgehead atoms. The zero-order chi connectivity index (χ0) is 15.6. The van der Waals surface area contributed by atoms with Crippen molar-refractivity contribution in [3.8, 4) is 0 Å². The van der Waals surface area contributed by atoms with Gasteiger partial charge in [-0.2, -0.15) is 0 Å². The Morgan fingerprint density at radius 1 is 1.25 bits per heavy atom. The van der Waals surface area contributed by atoms with Gasteiger partial charge in [0.1, 0.15) is 0 Å². The number of carbonyl (C=O) groups is 2. The Labute approximate surface area is 119 Å². The number of carboxylic acid groups (broad SMARTS) is 1. The standard InChI is InChI=1S/C11H23N3O5S/c1-3-5-9(8-10(15)16)14-11(17)12-6-4-7-13-20(2,18)19/h9,13H,3-8H2,1-2H3,(H,15,16)(H2,12,14,17). The van der Waals surface area contributed by atoms with Crippen molar-refractivity contribution in [3.63, 3.8) is 0 Å². The molecule has 1 atom stereocenters. The van der Waals surface area contributed by atoms with Gasteiger partial charge >= 0.3 is 12.0 Å². The van der Waals surface area contributed by atoms with E-state index in [0.717, 1.165) is 12.7 Å². The van der Waals surface area contributed by atoms with Crippen LogP contribution in [0.1, 0.15) is 32.6 Å². The van der Waals surface area contributed by atoms with Gasteiger partial charge in [0.05, 0.1) is 12.7 Å². The maximum absolute atomic E-state index is 11.5. The van der Waals surface area contributed by atoms with Crippen molar-refractivity contribution >= 4 is 22.0 Å². The normalized spacial score (nSPS) is 12.7. The van der Waals surface area contributed by atoms with E-state index in [-0.39, 0.29) is 13.0 Å². The summed E-state index contributed by atoms with van der Waals surface area (Å²) in [5.74, 6) is -0.957. The number of amides is 2. The predicted molar refractivity (Wildman–Crippen MR) is 74.9 cm³/mol. The minimum atomic E-state index is -3.21. The Kier molecular flexibility index (Phi) is 8.89. The van der Waals surface area contributed by atoms with Gasteiger partial charge in [0, 0.05) is 19.1 Å². The van der Waals surface area contributed by atoms with E-state index in [2.05, 4.69) is 15.4 Å². The summed E-state index contributed by atoms with van der Waals surface area (Å²) in [5, 5.41) is 13.8. The van der Waals surface area contributed by atoms with Gasteiger partial charge in [0.2, 0.25) is 10.0 Å². The summed E-state index contributed by atoms with van der Waals surface area (Å²) in [7, 11) is -3.21. The van der Waals surface area contributed by atoms with Gasteiger partial charge in [-0.3, -0.25) is 4.79 Å². The summed E-state index contributed by atoms with van der Waals surface area (Å²) in [4.78, 5) is 22.1. The molecule has 8 nitrogen and oxygen atoms in total. The average Bonchev–Trinajstić information content (AvgIpc) is 2.26. The number of hydrogen-bond acceptors (Lipinski definition) is 4. The quantitative estimate of drug-likeness (QED) is 0.418. The molecule has 0 aromatic carbocycles. The lowest BCUT2D eigenvalue weighted by atomic mass is 10.1. The van der Waals surface area contributed by atoms with Gasteiger partial charge in [-0.05, 0) is 12.8 Å². The molecule has 0 rings (SSSR count). The average molecular weight is 309 g/mol. The lowest BCUT2D eigenvalue weighted by molar-refractivity contribution is -0.137. The molecule has 20 heavy (non-hydrogen) atoms. The predicted octanol–water partition coefficient (Wildman–Crippen LogP) is -0.132. The molecule has 0 aromatic heterocycles. The third kappa shape index (κ3) is 11.7. The molecule has 0 aromatic rings. The molecule has 1 unspecified atom stereocenters. The Bertz CT molecular complexity index is 410. The molecule has 0 spiro atoms. The highest BCUT2D eigenvalue weighted by molar-refractivity contribution is 7.88. The Morgan fingerprint density at radius 2 is 1.90 bits per heavy atom. The molecule has 0 aliphatic heterocycles. The fraction of sp³-hybridized carbons (Fsp3) is 0.818. The number of sulfonamides is 1. The molecule has 0 aliphatic rings. The van der Waals surface area contributed by atoms with Crippen molar-refractivity contribution in [2.45, 2.75) is 38.6 Å². The number of nitrogens with one attached hydrogen (secondary N) is 3. The summed E-state index contributed by atoms with van der Waals surface area (Å²) < 4.78 is 23.9. The molecular formula is C11H23N3O5S.